The molecule has 2 amide bonds. The van der Waals surface area contributed by atoms with Gasteiger partial charge in [0.2, 0.25) is 0 Å². The molecule has 0 atom stereocenters. The molecule has 0 saturated heterocycles. The van der Waals surface area contributed by atoms with E-state index >= 15 is 0 Å². The van der Waals surface area contributed by atoms with Crippen LogP contribution in [-0.2, 0) is 5.41 Å². The van der Waals surface area contributed by atoms with E-state index in [1.165, 1.54) is 12.7 Å². The fourth-order valence-electron chi connectivity index (χ4n) is 2.99. The predicted octanol–water partition coefficient (Wildman–Crippen LogP) is 5.50. The second-order valence-electron chi connectivity index (χ2n) is 8.01. The molecule has 0 aliphatic rings. The Morgan fingerprint density at radius 2 is 1.27 bits per heavy atom. The lowest BCUT2D eigenvalue weighted by Gasteiger charge is -2.19. The third-order valence-electron chi connectivity index (χ3n) is 4.77. The predicted molar refractivity (Wildman–Crippen MR) is 120 cm³/mol. The zero-order valence-electron chi connectivity index (χ0n) is 17.7. The number of nitrogens with one attached hydrogen (secondary N) is 2. The fraction of sp³-hybridized carbons (Fsp3) is 0.200. The van der Waals surface area contributed by atoms with Gasteiger partial charge in [-0.05, 0) is 59.5 Å². The van der Waals surface area contributed by atoms with Gasteiger partial charge in [-0.1, -0.05) is 45.0 Å². The summed E-state index contributed by atoms with van der Waals surface area (Å²) >= 11 is 0. The van der Waals surface area contributed by atoms with Gasteiger partial charge in [0, 0.05) is 16.9 Å². The lowest BCUT2D eigenvalue weighted by Crippen LogP contribution is -2.15. The average molecular weight is 402 g/mol. The van der Waals surface area contributed by atoms with Crippen molar-refractivity contribution >= 4 is 23.2 Å². The molecule has 0 aliphatic heterocycles. The first-order chi connectivity index (χ1) is 14.3. The van der Waals surface area contributed by atoms with Crippen LogP contribution in [0.2, 0.25) is 0 Å². The van der Waals surface area contributed by atoms with E-state index in [2.05, 4.69) is 31.4 Å². The Morgan fingerprint density at radius 3 is 1.80 bits per heavy atom. The standard InChI is InChI=1S/C25H26N2O3/c1-25(2,3)18-11-9-17(10-12-18)23(28)26-19-13-15-20(16-14-19)27-24(29)21-7-5-6-8-22(21)30-4/h5-16H,1-4H3,(H,26,28)(H,27,29). The van der Waals surface area contributed by atoms with Gasteiger partial charge in [0.15, 0.2) is 0 Å². The normalized spacial score (nSPS) is 10.9. The van der Waals surface area contributed by atoms with Crippen molar-refractivity contribution in [1.82, 2.24) is 0 Å². The van der Waals surface area contributed by atoms with Crippen molar-refractivity contribution in [3.05, 3.63) is 89.5 Å². The molecule has 2 N–H and O–H groups in total. The van der Waals surface area contributed by atoms with E-state index in [4.69, 9.17) is 4.74 Å². The van der Waals surface area contributed by atoms with Crippen molar-refractivity contribution in [1.29, 1.82) is 0 Å². The number of carbonyl (C=O) groups excluding carboxylic acids is 2. The van der Waals surface area contributed by atoms with Gasteiger partial charge in [-0.15, -0.1) is 0 Å². The smallest absolute Gasteiger partial charge is 0.259 e. The summed E-state index contributed by atoms with van der Waals surface area (Å²) in [7, 11) is 1.53. The molecule has 0 radical (unpaired) electrons. The first kappa shape index (κ1) is 21.1. The first-order valence-corrected chi connectivity index (χ1v) is 9.74. The second-order valence-corrected chi connectivity index (χ2v) is 8.01. The minimum Gasteiger partial charge on any atom is -0.496 e. The van der Waals surface area contributed by atoms with Crippen molar-refractivity contribution in [3.63, 3.8) is 0 Å². The topological polar surface area (TPSA) is 67.4 Å². The Kier molecular flexibility index (Phi) is 6.21. The van der Waals surface area contributed by atoms with Gasteiger partial charge >= 0.3 is 0 Å². The van der Waals surface area contributed by atoms with Crippen LogP contribution >= 0.6 is 0 Å². The van der Waals surface area contributed by atoms with E-state index in [1.54, 1.807) is 42.5 Å². The Hall–Kier alpha value is -3.60. The maximum absolute atomic E-state index is 12.5. The number of ether oxygens (including phenoxy) is 1. The molecule has 0 fully saturated rings. The highest BCUT2D eigenvalue weighted by Gasteiger charge is 2.15. The van der Waals surface area contributed by atoms with E-state index in [9.17, 15) is 9.59 Å². The van der Waals surface area contributed by atoms with E-state index in [0.29, 0.717) is 28.3 Å². The number of hydrogen-bond acceptors (Lipinski definition) is 3. The summed E-state index contributed by atoms with van der Waals surface area (Å²) < 4.78 is 5.23. The van der Waals surface area contributed by atoms with Crippen LogP contribution in [-0.4, -0.2) is 18.9 Å². The van der Waals surface area contributed by atoms with Crippen molar-refractivity contribution < 1.29 is 14.3 Å². The molecular weight excluding hydrogens is 376 g/mol. The lowest BCUT2D eigenvalue weighted by molar-refractivity contribution is 0.101. The van der Waals surface area contributed by atoms with Crippen LogP contribution in [0, 0.1) is 0 Å². The molecule has 0 aliphatic carbocycles. The minimum atomic E-state index is -0.261. The molecule has 3 aromatic rings. The summed E-state index contributed by atoms with van der Waals surface area (Å²) in [6, 6.07) is 21.6. The molecule has 3 rings (SSSR count). The Bertz CT molecular complexity index is 1030. The van der Waals surface area contributed by atoms with Crippen LogP contribution in [0.15, 0.2) is 72.8 Å². The molecule has 30 heavy (non-hydrogen) atoms. The number of carbonyl (C=O) groups is 2. The Balaban J connectivity index is 1.64. The highest BCUT2D eigenvalue weighted by molar-refractivity contribution is 6.07. The average Bonchev–Trinajstić information content (AvgIpc) is 2.74. The molecule has 3 aromatic carbocycles. The summed E-state index contributed by atoms with van der Waals surface area (Å²) in [5, 5.41) is 5.71. The molecule has 0 saturated carbocycles. The minimum absolute atomic E-state index is 0.0407. The first-order valence-electron chi connectivity index (χ1n) is 9.74. The summed E-state index contributed by atoms with van der Waals surface area (Å²) in [6.45, 7) is 6.41. The Morgan fingerprint density at radius 1 is 0.733 bits per heavy atom. The van der Waals surface area contributed by atoms with E-state index in [0.717, 1.165) is 0 Å². The number of amides is 2. The van der Waals surface area contributed by atoms with Crippen LogP contribution < -0.4 is 15.4 Å². The van der Waals surface area contributed by atoms with E-state index < -0.39 is 0 Å². The molecule has 0 spiro atoms. The maximum atomic E-state index is 12.5. The lowest BCUT2D eigenvalue weighted by atomic mass is 9.87. The number of anilines is 2. The van der Waals surface area contributed by atoms with Gasteiger partial charge in [-0.2, -0.15) is 0 Å². The quantitative estimate of drug-likeness (QED) is 0.592. The number of methoxy groups -OCH3 is 1. The van der Waals surface area contributed by atoms with Gasteiger partial charge < -0.3 is 15.4 Å². The summed E-state index contributed by atoms with van der Waals surface area (Å²) in [6.07, 6.45) is 0. The van der Waals surface area contributed by atoms with Crippen molar-refractivity contribution in [2.24, 2.45) is 0 Å². The molecule has 0 unspecified atom stereocenters. The summed E-state index contributed by atoms with van der Waals surface area (Å²) in [5.74, 6) is 0.0702. The monoisotopic (exact) mass is 402 g/mol. The van der Waals surface area contributed by atoms with Gasteiger partial charge in [-0.3, -0.25) is 9.59 Å². The van der Waals surface area contributed by atoms with E-state index in [-0.39, 0.29) is 17.2 Å². The third-order valence-corrected chi connectivity index (χ3v) is 4.77. The van der Waals surface area contributed by atoms with Crippen LogP contribution in [0.1, 0.15) is 47.1 Å². The second kappa shape index (κ2) is 8.82. The maximum Gasteiger partial charge on any atom is 0.259 e. The van der Waals surface area contributed by atoms with E-state index in [1.807, 2.05) is 30.3 Å². The SMILES string of the molecule is COc1ccccc1C(=O)Nc1ccc(NC(=O)c2ccc(C(C)(C)C)cc2)cc1. The van der Waals surface area contributed by atoms with Crippen LogP contribution in [0.5, 0.6) is 5.75 Å². The van der Waals surface area contributed by atoms with Crippen molar-refractivity contribution in [2.75, 3.05) is 17.7 Å². The zero-order valence-corrected chi connectivity index (χ0v) is 17.7. The Labute approximate surface area is 177 Å². The summed E-state index contributed by atoms with van der Waals surface area (Å²) in [5.41, 5.74) is 3.54. The molecule has 0 aromatic heterocycles. The zero-order chi connectivity index (χ0) is 21.7. The number of hydrogen-bond donors (Lipinski definition) is 2. The number of benzene rings is 3. The molecule has 0 bridgehead atoms. The molecule has 0 heterocycles. The molecule has 5 heteroatoms. The van der Waals surface area contributed by atoms with Gasteiger partial charge in [0.05, 0.1) is 12.7 Å². The van der Waals surface area contributed by atoms with Crippen molar-refractivity contribution in [3.8, 4) is 5.75 Å². The fourth-order valence-corrected chi connectivity index (χ4v) is 2.99. The van der Waals surface area contributed by atoms with Gasteiger partial charge in [0.25, 0.3) is 11.8 Å². The molecule has 154 valence electrons. The van der Waals surface area contributed by atoms with Crippen LogP contribution in [0.3, 0.4) is 0 Å². The molecular formula is C25H26N2O3. The summed E-state index contributed by atoms with van der Waals surface area (Å²) in [4.78, 5) is 25.0. The van der Waals surface area contributed by atoms with Crippen LogP contribution in [0.4, 0.5) is 11.4 Å². The molecule has 5 nitrogen and oxygen atoms in total. The van der Waals surface area contributed by atoms with Crippen LogP contribution in [0.25, 0.3) is 0 Å². The van der Waals surface area contributed by atoms with Crippen molar-refractivity contribution in [2.45, 2.75) is 26.2 Å². The highest BCUT2D eigenvalue weighted by atomic mass is 16.5. The van der Waals surface area contributed by atoms with Gasteiger partial charge in [-0.25, -0.2) is 0 Å². The number of para-hydroxylation sites is 1. The largest absolute Gasteiger partial charge is 0.496 e. The number of rotatable bonds is 5. The van der Waals surface area contributed by atoms with Gasteiger partial charge in [0.1, 0.15) is 5.75 Å². The third kappa shape index (κ3) is 5.06. The highest BCUT2D eigenvalue weighted by Crippen LogP contribution is 2.23.